The van der Waals surface area contributed by atoms with Gasteiger partial charge in [-0.25, -0.2) is 0 Å². The highest BCUT2D eigenvalue weighted by atomic mass is 19.4. The Morgan fingerprint density at radius 3 is 1.36 bits per heavy atom. The first-order valence-electron chi connectivity index (χ1n) is 3.52. The Morgan fingerprint density at radius 2 is 1.29 bits per heavy atom. The molecule has 0 radical (unpaired) electrons. The van der Waals surface area contributed by atoms with Crippen LogP contribution < -0.4 is 0 Å². The third kappa shape index (κ3) is 1.95. The third-order valence-corrected chi connectivity index (χ3v) is 1.73. The molecule has 0 aromatic rings. The number of alkyl halides is 6. The maximum Gasteiger partial charge on any atom is 0.428 e. The van der Waals surface area contributed by atoms with Crippen LogP contribution in [0.3, 0.4) is 0 Å². The third-order valence-electron chi connectivity index (χ3n) is 1.73. The van der Waals surface area contributed by atoms with Gasteiger partial charge >= 0.3 is 12.4 Å². The summed E-state index contributed by atoms with van der Waals surface area (Å²) in [6.45, 7) is 0.896. The predicted octanol–water partition coefficient (Wildman–Crippen LogP) is 1.61. The second kappa shape index (κ2) is 3.58. The van der Waals surface area contributed by atoms with Gasteiger partial charge in [0, 0.05) is 0 Å². The molecule has 2 N–H and O–H groups in total. The molecule has 0 heterocycles. The Hall–Kier alpha value is -0.500. The molecule has 0 saturated carbocycles. The molecule has 0 aromatic heterocycles. The lowest BCUT2D eigenvalue weighted by Gasteiger charge is -2.35. The van der Waals surface area contributed by atoms with Crippen LogP contribution >= 0.6 is 0 Å². The van der Waals surface area contributed by atoms with Gasteiger partial charge in [-0.1, -0.05) is 6.92 Å². The van der Waals surface area contributed by atoms with E-state index in [1.807, 2.05) is 0 Å². The van der Waals surface area contributed by atoms with Crippen molar-refractivity contribution in [1.29, 1.82) is 0 Å². The van der Waals surface area contributed by atoms with Gasteiger partial charge in [-0.3, -0.25) is 0 Å². The number of hydrogen-bond acceptors (Lipinski definition) is 2. The fourth-order valence-electron chi connectivity index (χ4n) is 0.834. The zero-order valence-corrected chi connectivity index (χ0v) is 6.95. The molecule has 0 fully saturated rings. The minimum atomic E-state index is -5.96. The average molecular weight is 226 g/mol. The van der Waals surface area contributed by atoms with Crippen LogP contribution in [0.5, 0.6) is 0 Å². The minimum Gasteiger partial charge on any atom is -0.389 e. The summed E-state index contributed by atoms with van der Waals surface area (Å²) in [5.41, 5.74) is -5.06. The molecule has 86 valence electrons. The van der Waals surface area contributed by atoms with Crippen molar-refractivity contribution < 1.29 is 36.6 Å². The van der Waals surface area contributed by atoms with Crippen LogP contribution in [-0.4, -0.2) is 34.3 Å². The zero-order valence-electron chi connectivity index (χ0n) is 6.95. The quantitative estimate of drug-likeness (QED) is 0.702. The average Bonchev–Trinajstić information content (AvgIpc) is 1.97. The van der Waals surface area contributed by atoms with Crippen LogP contribution in [0.15, 0.2) is 0 Å². The SMILES string of the molecule is CCC(O)C(O)(C(F)(F)F)C(F)(F)F. The summed E-state index contributed by atoms with van der Waals surface area (Å²) in [7, 11) is 0. The Morgan fingerprint density at radius 1 is 1.00 bits per heavy atom. The Labute approximate surface area is 75.1 Å². The number of hydrogen-bond donors (Lipinski definition) is 2. The van der Waals surface area contributed by atoms with Crippen molar-refractivity contribution in [3.05, 3.63) is 0 Å². The van der Waals surface area contributed by atoms with E-state index in [1.165, 1.54) is 0 Å². The Kier molecular flexibility index (Phi) is 3.45. The van der Waals surface area contributed by atoms with E-state index >= 15 is 0 Å². The van der Waals surface area contributed by atoms with E-state index in [0.29, 0.717) is 0 Å². The molecule has 2 nitrogen and oxygen atoms in total. The van der Waals surface area contributed by atoms with Crippen molar-refractivity contribution in [2.24, 2.45) is 0 Å². The highest BCUT2D eigenvalue weighted by Crippen LogP contribution is 2.45. The van der Waals surface area contributed by atoms with E-state index in [9.17, 15) is 26.3 Å². The summed E-state index contributed by atoms with van der Waals surface area (Å²) >= 11 is 0. The number of aliphatic hydroxyl groups is 2. The van der Waals surface area contributed by atoms with E-state index in [0.717, 1.165) is 6.92 Å². The standard InChI is InChI=1S/C6H8F6O2/c1-2-3(13)4(14,5(7,8)9)6(10,11)12/h3,13-14H,2H2,1H3. The van der Waals surface area contributed by atoms with Crippen LogP contribution in [-0.2, 0) is 0 Å². The molecular weight excluding hydrogens is 218 g/mol. The lowest BCUT2D eigenvalue weighted by Crippen LogP contribution is -2.64. The highest BCUT2D eigenvalue weighted by molar-refractivity contribution is 4.99. The maximum atomic E-state index is 11.9. The monoisotopic (exact) mass is 226 g/mol. The summed E-state index contributed by atoms with van der Waals surface area (Å²) in [6, 6.07) is 0. The second-order valence-electron chi connectivity index (χ2n) is 2.69. The van der Waals surface area contributed by atoms with E-state index in [-0.39, 0.29) is 0 Å². The smallest absolute Gasteiger partial charge is 0.389 e. The van der Waals surface area contributed by atoms with Gasteiger partial charge in [-0.2, -0.15) is 26.3 Å². The molecule has 0 aromatic carbocycles. The van der Waals surface area contributed by atoms with Crippen LogP contribution in [0.4, 0.5) is 26.3 Å². The molecule has 0 aliphatic rings. The molecule has 0 saturated heterocycles. The van der Waals surface area contributed by atoms with Crippen molar-refractivity contribution in [3.8, 4) is 0 Å². The molecule has 1 unspecified atom stereocenters. The molecule has 0 rings (SSSR count). The minimum absolute atomic E-state index is 0.866. The van der Waals surface area contributed by atoms with Crippen molar-refractivity contribution in [3.63, 3.8) is 0 Å². The highest BCUT2D eigenvalue weighted by Gasteiger charge is 2.73. The molecule has 0 amide bonds. The van der Waals surface area contributed by atoms with E-state index in [2.05, 4.69) is 0 Å². The lowest BCUT2D eigenvalue weighted by atomic mass is 9.93. The van der Waals surface area contributed by atoms with Gasteiger partial charge in [0.1, 0.15) is 6.10 Å². The maximum absolute atomic E-state index is 11.9. The molecule has 0 aliphatic heterocycles. The van der Waals surface area contributed by atoms with Gasteiger partial charge in [-0.15, -0.1) is 0 Å². The fraction of sp³-hybridized carbons (Fsp3) is 1.00. The second-order valence-corrected chi connectivity index (χ2v) is 2.69. The Balaban J connectivity index is 5.29. The topological polar surface area (TPSA) is 40.5 Å². The molecule has 0 aliphatic carbocycles. The fourth-order valence-corrected chi connectivity index (χ4v) is 0.834. The summed E-state index contributed by atoms with van der Waals surface area (Å²) < 4.78 is 71.4. The van der Waals surface area contributed by atoms with E-state index < -0.39 is 30.5 Å². The van der Waals surface area contributed by atoms with Crippen molar-refractivity contribution in [2.45, 2.75) is 37.4 Å². The summed E-state index contributed by atoms with van der Waals surface area (Å²) in [4.78, 5) is 0. The molecular formula is C6H8F6O2. The Bertz CT molecular complexity index is 181. The van der Waals surface area contributed by atoms with Gasteiger partial charge in [0.25, 0.3) is 5.60 Å². The van der Waals surface area contributed by atoms with Crippen LogP contribution in [0.25, 0.3) is 0 Å². The van der Waals surface area contributed by atoms with Gasteiger partial charge in [0.15, 0.2) is 0 Å². The first-order chi connectivity index (χ1) is 5.98. The van der Waals surface area contributed by atoms with E-state index in [4.69, 9.17) is 10.2 Å². The number of rotatable bonds is 2. The normalized spacial score (nSPS) is 16.9. The first-order valence-corrected chi connectivity index (χ1v) is 3.52. The molecule has 0 spiro atoms. The van der Waals surface area contributed by atoms with Gasteiger partial charge in [0.05, 0.1) is 0 Å². The molecule has 1 atom stereocenters. The van der Waals surface area contributed by atoms with Gasteiger partial charge < -0.3 is 10.2 Å². The van der Waals surface area contributed by atoms with Gasteiger partial charge in [0.2, 0.25) is 0 Å². The first kappa shape index (κ1) is 13.5. The van der Waals surface area contributed by atoms with Gasteiger partial charge in [-0.05, 0) is 6.42 Å². The van der Waals surface area contributed by atoms with E-state index in [1.54, 1.807) is 0 Å². The largest absolute Gasteiger partial charge is 0.428 e. The summed E-state index contributed by atoms with van der Waals surface area (Å²) in [5, 5.41) is 17.0. The van der Waals surface area contributed by atoms with Crippen molar-refractivity contribution >= 4 is 0 Å². The zero-order chi connectivity index (χ0) is 11.8. The van der Waals surface area contributed by atoms with Crippen molar-refractivity contribution in [1.82, 2.24) is 0 Å². The van der Waals surface area contributed by atoms with Crippen LogP contribution in [0, 0.1) is 0 Å². The molecule has 8 heteroatoms. The lowest BCUT2D eigenvalue weighted by molar-refractivity contribution is -0.391. The molecule has 14 heavy (non-hydrogen) atoms. The van der Waals surface area contributed by atoms with Crippen molar-refractivity contribution in [2.75, 3.05) is 0 Å². The summed E-state index contributed by atoms with van der Waals surface area (Å²) in [6.07, 6.45) is -15.7. The predicted molar refractivity (Wildman–Crippen MR) is 33.4 cm³/mol. The van der Waals surface area contributed by atoms with Crippen LogP contribution in [0.2, 0.25) is 0 Å². The number of halogens is 6. The summed E-state index contributed by atoms with van der Waals surface area (Å²) in [5.74, 6) is 0. The molecule has 0 bridgehead atoms. The van der Waals surface area contributed by atoms with Crippen LogP contribution in [0.1, 0.15) is 13.3 Å². The number of aliphatic hydroxyl groups excluding tert-OH is 1.